The summed E-state index contributed by atoms with van der Waals surface area (Å²) in [5.74, 6) is 0.0311. The van der Waals surface area contributed by atoms with Crippen LogP contribution in [0.3, 0.4) is 0 Å². The maximum absolute atomic E-state index is 11.6. The van der Waals surface area contributed by atoms with Crippen LogP contribution in [0.25, 0.3) is 0 Å². The van der Waals surface area contributed by atoms with Crippen molar-refractivity contribution in [2.24, 2.45) is 0 Å². The van der Waals surface area contributed by atoms with Gasteiger partial charge in [-0.2, -0.15) is 5.26 Å². The predicted octanol–water partition coefficient (Wildman–Crippen LogP) is 3.94. The zero-order valence-electron chi connectivity index (χ0n) is 12.0. The molecule has 0 rings (SSSR count). The topological polar surface area (TPSA) is 52.9 Å². The van der Waals surface area contributed by atoms with E-state index in [-0.39, 0.29) is 11.9 Å². The molecule has 0 heterocycles. The minimum absolute atomic E-state index is 0.0311. The Labute approximate surface area is 112 Å². The molecule has 0 fully saturated rings. The van der Waals surface area contributed by atoms with Gasteiger partial charge in [-0.3, -0.25) is 4.79 Å². The lowest BCUT2D eigenvalue weighted by atomic mass is 10.1. The summed E-state index contributed by atoms with van der Waals surface area (Å²) in [7, 11) is 0. The summed E-state index contributed by atoms with van der Waals surface area (Å²) < 4.78 is 0. The van der Waals surface area contributed by atoms with Gasteiger partial charge in [-0.25, -0.2) is 0 Å². The first-order chi connectivity index (χ1) is 8.74. The van der Waals surface area contributed by atoms with Gasteiger partial charge < -0.3 is 5.32 Å². The molecule has 1 atom stereocenters. The van der Waals surface area contributed by atoms with Crippen LogP contribution >= 0.6 is 0 Å². The van der Waals surface area contributed by atoms with E-state index in [1.54, 1.807) is 0 Å². The summed E-state index contributed by atoms with van der Waals surface area (Å²) in [6.45, 7) is 4.24. The molecular formula is C15H28N2O. The van der Waals surface area contributed by atoms with Gasteiger partial charge in [0.25, 0.3) is 0 Å². The van der Waals surface area contributed by atoms with E-state index in [2.05, 4.69) is 18.3 Å². The minimum Gasteiger partial charge on any atom is -0.340 e. The lowest BCUT2D eigenvalue weighted by Crippen LogP contribution is -2.33. The maximum Gasteiger partial charge on any atom is 0.221 e. The second-order valence-electron chi connectivity index (χ2n) is 4.91. The first-order valence-corrected chi connectivity index (χ1v) is 7.43. The van der Waals surface area contributed by atoms with E-state index in [1.807, 2.05) is 6.92 Å². The van der Waals surface area contributed by atoms with E-state index in [9.17, 15) is 4.79 Å². The van der Waals surface area contributed by atoms with Crippen LogP contribution in [0.2, 0.25) is 0 Å². The molecule has 0 aromatic rings. The van der Waals surface area contributed by atoms with Crippen molar-refractivity contribution in [3.05, 3.63) is 0 Å². The molecule has 18 heavy (non-hydrogen) atoms. The molecule has 1 amide bonds. The van der Waals surface area contributed by atoms with Gasteiger partial charge in [0, 0.05) is 6.42 Å². The van der Waals surface area contributed by atoms with Crippen LogP contribution in [0.15, 0.2) is 0 Å². The molecule has 104 valence electrons. The lowest BCUT2D eigenvalue weighted by molar-refractivity contribution is -0.121. The number of carbonyl (C=O) groups is 1. The van der Waals surface area contributed by atoms with Gasteiger partial charge >= 0.3 is 0 Å². The fourth-order valence-corrected chi connectivity index (χ4v) is 1.97. The van der Waals surface area contributed by atoms with Crippen molar-refractivity contribution in [2.75, 3.05) is 0 Å². The highest BCUT2D eigenvalue weighted by Crippen LogP contribution is 2.08. The fraction of sp³-hybridized carbons (Fsp3) is 0.867. The van der Waals surface area contributed by atoms with Crippen molar-refractivity contribution in [2.45, 2.75) is 84.1 Å². The number of nitriles is 1. The molecule has 0 saturated heterocycles. The third-order valence-electron chi connectivity index (χ3n) is 3.08. The molecule has 0 radical (unpaired) electrons. The number of unbranched alkanes of at least 4 members (excludes halogenated alkanes) is 6. The van der Waals surface area contributed by atoms with Crippen molar-refractivity contribution in [1.29, 1.82) is 5.26 Å². The Balaban J connectivity index is 3.44. The zero-order valence-corrected chi connectivity index (χ0v) is 12.0. The monoisotopic (exact) mass is 252 g/mol. The van der Waals surface area contributed by atoms with Crippen LogP contribution in [-0.4, -0.2) is 11.9 Å². The SMILES string of the molecule is CCCCCCCCCC(=O)NC(C#N)CCC. The highest BCUT2D eigenvalue weighted by Gasteiger charge is 2.09. The summed E-state index contributed by atoms with van der Waals surface area (Å²) in [6, 6.07) is 1.83. The van der Waals surface area contributed by atoms with Crippen molar-refractivity contribution < 1.29 is 4.79 Å². The Bertz CT molecular complexity index is 245. The average Bonchev–Trinajstić information content (AvgIpc) is 2.37. The standard InChI is InChI=1S/C15H28N2O/c1-3-5-6-7-8-9-10-12-15(18)17-14(13-16)11-4-2/h14H,3-12H2,1-2H3,(H,17,18). The van der Waals surface area contributed by atoms with Crippen LogP contribution in [0, 0.1) is 11.3 Å². The number of rotatable bonds is 11. The molecule has 0 bridgehead atoms. The van der Waals surface area contributed by atoms with Crippen LogP contribution in [0.1, 0.15) is 78.1 Å². The molecule has 0 aliphatic carbocycles. The summed E-state index contributed by atoms with van der Waals surface area (Å²) >= 11 is 0. The number of carbonyl (C=O) groups excluding carboxylic acids is 1. The Kier molecular flexibility index (Phi) is 11.7. The number of amides is 1. The predicted molar refractivity (Wildman–Crippen MR) is 75.1 cm³/mol. The van der Waals surface area contributed by atoms with E-state index in [4.69, 9.17) is 5.26 Å². The maximum atomic E-state index is 11.6. The molecule has 0 aliphatic heterocycles. The Morgan fingerprint density at radius 2 is 1.67 bits per heavy atom. The number of hydrogen-bond donors (Lipinski definition) is 1. The van der Waals surface area contributed by atoms with E-state index in [0.717, 1.165) is 25.7 Å². The van der Waals surface area contributed by atoms with Crippen molar-refractivity contribution in [3.63, 3.8) is 0 Å². The highest BCUT2D eigenvalue weighted by molar-refractivity contribution is 5.76. The van der Waals surface area contributed by atoms with Gasteiger partial charge in [0.05, 0.1) is 6.07 Å². The number of nitrogens with one attached hydrogen (secondary N) is 1. The first-order valence-electron chi connectivity index (χ1n) is 7.43. The molecule has 0 saturated carbocycles. The van der Waals surface area contributed by atoms with Crippen molar-refractivity contribution in [3.8, 4) is 6.07 Å². The van der Waals surface area contributed by atoms with E-state index in [1.165, 1.54) is 32.1 Å². The van der Waals surface area contributed by atoms with Gasteiger partial charge in [0.2, 0.25) is 5.91 Å². The Hall–Kier alpha value is -1.04. The van der Waals surface area contributed by atoms with Crippen LogP contribution < -0.4 is 5.32 Å². The molecule has 3 heteroatoms. The quantitative estimate of drug-likeness (QED) is 0.566. The molecule has 0 aromatic carbocycles. The Morgan fingerprint density at radius 3 is 2.22 bits per heavy atom. The van der Waals surface area contributed by atoms with Gasteiger partial charge in [0.1, 0.15) is 6.04 Å². The number of nitrogens with zero attached hydrogens (tertiary/aromatic N) is 1. The van der Waals surface area contributed by atoms with E-state index >= 15 is 0 Å². The summed E-state index contributed by atoms with van der Waals surface area (Å²) in [5, 5.41) is 11.6. The minimum atomic E-state index is -0.299. The van der Waals surface area contributed by atoms with Crippen LogP contribution in [0.5, 0.6) is 0 Å². The van der Waals surface area contributed by atoms with E-state index < -0.39 is 0 Å². The first kappa shape index (κ1) is 17.0. The molecule has 1 unspecified atom stereocenters. The number of hydrogen-bond acceptors (Lipinski definition) is 2. The summed E-state index contributed by atoms with van der Waals surface area (Å²) in [4.78, 5) is 11.6. The van der Waals surface area contributed by atoms with E-state index in [0.29, 0.717) is 6.42 Å². The molecule has 1 N–H and O–H groups in total. The van der Waals surface area contributed by atoms with Crippen molar-refractivity contribution in [1.82, 2.24) is 5.32 Å². The van der Waals surface area contributed by atoms with Crippen LogP contribution in [0.4, 0.5) is 0 Å². The van der Waals surface area contributed by atoms with Gasteiger partial charge in [-0.15, -0.1) is 0 Å². The van der Waals surface area contributed by atoms with Crippen LogP contribution in [-0.2, 0) is 4.79 Å². The van der Waals surface area contributed by atoms with Crippen molar-refractivity contribution >= 4 is 5.91 Å². The summed E-state index contributed by atoms with van der Waals surface area (Å²) in [6.07, 6.45) is 10.7. The Morgan fingerprint density at radius 1 is 1.06 bits per heavy atom. The van der Waals surface area contributed by atoms with Gasteiger partial charge in [0.15, 0.2) is 0 Å². The molecule has 0 spiro atoms. The van der Waals surface area contributed by atoms with Gasteiger partial charge in [-0.05, 0) is 12.8 Å². The second kappa shape index (κ2) is 12.4. The molecule has 3 nitrogen and oxygen atoms in total. The molecule has 0 aliphatic rings. The second-order valence-corrected chi connectivity index (χ2v) is 4.91. The third kappa shape index (κ3) is 10.1. The zero-order chi connectivity index (χ0) is 13.6. The summed E-state index contributed by atoms with van der Waals surface area (Å²) in [5.41, 5.74) is 0. The molecular weight excluding hydrogens is 224 g/mol. The average molecular weight is 252 g/mol. The smallest absolute Gasteiger partial charge is 0.221 e. The molecule has 0 aromatic heterocycles. The largest absolute Gasteiger partial charge is 0.340 e. The normalized spacial score (nSPS) is 11.8. The third-order valence-corrected chi connectivity index (χ3v) is 3.08. The van der Waals surface area contributed by atoms with Gasteiger partial charge in [-0.1, -0.05) is 58.8 Å². The fourth-order valence-electron chi connectivity index (χ4n) is 1.97. The highest BCUT2D eigenvalue weighted by atomic mass is 16.1. The lowest BCUT2D eigenvalue weighted by Gasteiger charge is -2.10.